The molecule has 0 radical (unpaired) electrons. The number of aromatic nitrogens is 1. The third kappa shape index (κ3) is 2.66. The summed E-state index contributed by atoms with van der Waals surface area (Å²) >= 11 is 6.12. The van der Waals surface area contributed by atoms with Crippen molar-refractivity contribution in [2.45, 2.75) is 31.8 Å². The second kappa shape index (κ2) is 4.60. The zero-order chi connectivity index (χ0) is 11.6. The van der Waals surface area contributed by atoms with Gasteiger partial charge in [-0.05, 0) is 32.3 Å². The highest BCUT2D eigenvalue weighted by atomic mass is 35.5. The zero-order valence-corrected chi connectivity index (χ0v) is 10.2. The minimum atomic E-state index is -0.533. The van der Waals surface area contributed by atoms with Crippen LogP contribution in [0, 0.1) is 0 Å². The molecule has 16 heavy (non-hydrogen) atoms. The van der Waals surface area contributed by atoms with Crippen molar-refractivity contribution >= 4 is 17.3 Å². The van der Waals surface area contributed by atoms with Crippen molar-refractivity contribution in [2.24, 2.45) is 0 Å². The van der Waals surface area contributed by atoms with Gasteiger partial charge in [0.15, 0.2) is 0 Å². The molecule has 1 N–H and O–H groups in total. The van der Waals surface area contributed by atoms with Gasteiger partial charge < -0.3 is 10.0 Å². The standard InChI is InChI=1S/C12H17ClN2O/c1-12(16)4-2-7-15(8-5-12)11-3-6-14-9-10(11)13/h3,6,9,16H,2,4-5,7-8H2,1H3. The Bertz CT molecular complexity index is 368. The number of rotatable bonds is 1. The van der Waals surface area contributed by atoms with Gasteiger partial charge in [-0.15, -0.1) is 0 Å². The molecule has 2 rings (SSSR count). The van der Waals surface area contributed by atoms with Crippen LogP contribution in [0.15, 0.2) is 18.5 Å². The number of aliphatic hydroxyl groups is 1. The first-order valence-electron chi connectivity index (χ1n) is 5.65. The topological polar surface area (TPSA) is 36.4 Å². The van der Waals surface area contributed by atoms with Crippen molar-refractivity contribution in [1.29, 1.82) is 0 Å². The van der Waals surface area contributed by atoms with Crippen LogP contribution in [0.2, 0.25) is 5.02 Å². The Labute approximate surface area is 101 Å². The van der Waals surface area contributed by atoms with E-state index in [0.29, 0.717) is 5.02 Å². The molecule has 0 aliphatic carbocycles. The highest BCUT2D eigenvalue weighted by Crippen LogP contribution is 2.29. The summed E-state index contributed by atoms with van der Waals surface area (Å²) in [5.74, 6) is 0. The minimum absolute atomic E-state index is 0.533. The molecule has 1 unspecified atom stereocenters. The van der Waals surface area contributed by atoms with Crippen LogP contribution in [0.4, 0.5) is 5.69 Å². The summed E-state index contributed by atoms with van der Waals surface area (Å²) in [6.07, 6.45) is 6.05. The summed E-state index contributed by atoms with van der Waals surface area (Å²) in [6, 6.07) is 1.93. The lowest BCUT2D eigenvalue weighted by Gasteiger charge is -2.24. The molecule has 0 bridgehead atoms. The number of nitrogens with zero attached hydrogens (tertiary/aromatic N) is 2. The fourth-order valence-electron chi connectivity index (χ4n) is 2.13. The first kappa shape index (κ1) is 11.7. The van der Waals surface area contributed by atoms with E-state index in [9.17, 15) is 5.11 Å². The highest BCUT2D eigenvalue weighted by molar-refractivity contribution is 6.33. The molecule has 88 valence electrons. The maximum Gasteiger partial charge on any atom is 0.0822 e. The predicted octanol–water partition coefficient (Wildman–Crippen LogP) is 2.48. The van der Waals surface area contributed by atoms with Crippen LogP contribution in [-0.4, -0.2) is 28.8 Å². The van der Waals surface area contributed by atoms with Crippen LogP contribution in [0.3, 0.4) is 0 Å². The quantitative estimate of drug-likeness (QED) is 0.819. The third-order valence-corrected chi connectivity index (χ3v) is 3.45. The van der Waals surface area contributed by atoms with Gasteiger partial charge in [-0.1, -0.05) is 11.6 Å². The second-order valence-corrected chi connectivity index (χ2v) is 5.07. The van der Waals surface area contributed by atoms with Gasteiger partial charge in [0.05, 0.1) is 16.3 Å². The molecule has 1 fully saturated rings. The molecule has 2 heterocycles. The van der Waals surface area contributed by atoms with E-state index >= 15 is 0 Å². The Morgan fingerprint density at radius 3 is 3.00 bits per heavy atom. The summed E-state index contributed by atoms with van der Waals surface area (Å²) in [4.78, 5) is 6.21. The van der Waals surface area contributed by atoms with Gasteiger partial charge in [0.25, 0.3) is 0 Å². The van der Waals surface area contributed by atoms with E-state index in [-0.39, 0.29) is 0 Å². The molecule has 4 heteroatoms. The second-order valence-electron chi connectivity index (χ2n) is 4.66. The molecule has 0 aromatic carbocycles. The van der Waals surface area contributed by atoms with E-state index in [0.717, 1.165) is 38.0 Å². The Morgan fingerprint density at radius 2 is 2.25 bits per heavy atom. The lowest BCUT2D eigenvalue weighted by atomic mass is 9.98. The van der Waals surface area contributed by atoms with E-state index in [2.05, 4.69) is 9.88 Å². The fourth-order valence-corrected chi connectivity index (χ4v) is 2.37. The van der Waals surface area contributed by atoms with Crippen LogP contribution in [0.1, 0.15) is 26.2 Å². The Morgan fingerprint density at radius 1 is 1.44 bits per heavy atom. The fraction of sp³-hybridized carbons (Fsp3) is 0.583. The van der Waals surface area contributed by atoms with E-state index in [1.165, 1.54) is 0 Å². The van der Waals surface area contributed by atoms with Gasteiger partial charge in [-0.25, -0.2) is 0 Å². The molecule has 1 aliphatic rings. The normalized spacial score (nSPS) is 26.6. The van der Waals surface area contributed by atoms with Crippen molar-refractivity contribution in [3.63, 3.8) is 0 Å². The molecule has 1 aromatic rings. The van der Waals surface area contributed by atoms with Gasteiger partial charge in [0.2, 0.25) is 0 Å². The number of hydrogen-bond donors (Lipinski definition) is 1. The number of hydrogen-bond acceptors (Lipinski definition) is 3. The van der Waals surface area contributed by atoms with Crippen LogP contribution >= 0.6 is 11.6 Å². The van der Waals surface area contributed by atoms with Gasteiger partial charge in [0, 0.05) is 25.5 Å². The van der Waals surface area contributed by atoms with E-state index < -0.39 is 5.60 Å². The van der Waals surface area contributed by atoms with Crippen molar-refractivity contribution in [3.8, 4) is 0 Å². The Hall–Kier alpha value is -0.800. The van der Waals surface area contributed by atoms with Crippen LogP contribution in [0.25, 0.3) is 0 Å². The average molecular weight is 241 g/mol. The van der Waals surface area contributed by atoms with Crippen LogP contribution in [0.5, 0.6) is 0 Å². The number of pyridine rings is 1. The molecule has 0 spiro atoms. The van der Waals surface area contributed by atoms with Gasteiger partial charge in [0.1, 0.15) is 0 Å². The predicted molar refractivity (Wildman–Crippen MR) is 65.9 cm³/mol. The van der Waals surface area contributed by atoms with E-state index in [1.54, 1.807) is 12.4 Å². The smallest absolute Gasteiger partial charge is 0.0822 e. The van der Waals surface area contributed by atoms with Gasteiger partial charge in [-0.3, -0.25) is 4.98 Å². The van der Waals surface area contributed by atoms with Crippen LogP contribution in [-0.2, 0) is 0 Å². The lowest BCUT2D eigenvalue weighted by molar-refractivity contribution is 0.0481. The van der Waals surface area contributed by atoms with Crippen molar-refractivity contribution in [1.82, 2.24) is 4.98 Å². The summed E-state index contributed by atoms with van der Waals surface area (Å²) in [5, 5.41) is 10.7. The maximum absolute atomic E-state index is 10.0. The minimum Gasteiger partial charge on any atom is -0.390 e. The third-order valence-electron chi connectivity index (χ3n) is 3.16. The molecular weight excluding hydrogens is 224 g/mol. The summed E-state index contributed by atoms with van der Waals surface area (Å²) in [6.45, 7) is 3.70. The average Bonchev–Trinajstić information content (AvgIpc) is 2.40. The molecular formula is C12H17ClN2O. The first-order chi connectivity index (χ1) is 7.58. The van der Waals surface area contributed by atoms with Crippen molar-refractivity contribution < 1.29 is 5.11 Å². The molecule has 1 aromatic heterocycles. The van der Waals surface area contributed by atoms with Crippen LogP contribution < -0.4 is 4.90 Å². The maximum atomic E-state index is 10.0. The Kier molecular flexibility index (Phi) is 3.36. The zero-order valence-electron chi connectivity index (χ0n) is 9.49. The molecule has 0 saturated carbocycles. The van der Waals surface area contributed by atoms with Gasteiger partial charge in [-0.2, -0.15) is 0 Å². The lowest BCUT2D eigenvalue weighted by Crippen LogP contribution is -2.28. The van der Waals surface area contributed by atoms with E-state index in [1.807, 2.05) is 13.0 Å². The summed E-state index contributed by atoms with van der Waals surface area (Å²) < 4.78 is 0. The largest absolute Gasteiger partial charge is 0.390 e. The molecule has 0 amide bonds. The SMILES string of the molecule is CC1(O)CCCN(c2ccncc2Cl)CC1. The van der Waals surface area contributed by atoms with Crippen molar-refractivity contribution in [3.05, 3.63) is 23.5 Å². The summed E-state index contributed by atoms with van der Waals surface area (Å²) in [7, 11) is 0. The van der Waals surface area contributed by atoms with E-state index in [4.69, 9.17) is 11.6 Å². The number of anilines is 1. The molecule has 1 atom stereocenters. The monoisotopic (exact) mass is 240 g/mol. The number of halogens is 1. The van der Waals surface area contributed by atoms with Gasteiger partial charge >= 0.3 is 0 Å². The highest BCUT2D eigenvalue weighted by Gasteiger charge is 2.25. The molecule has 1 saturated heterocycles. The van der Waals surface area contributed by atoms with Crippen molar-refractivity contribution in [2.75, 3.05) is 18.0 Å². The first-order valence-corrected chi connectivity index (χ1v) is 6.03. The molecule has 3 nitrogen and oxygen atoms in total. The molecule has 1 aliphatic heterocycles. The Balaban J connectivity index is 2.14. The summed E-state index contributed by atoms with van der Waals surface area (Å²) in [5.41, 5.74) is 0.489.